The van der Waals surface area contributed by atoms with Gasteiger partial charge in [-0.2, -0.15) is 0 Å². The van der Waals surface area contributed by atoms with Crippen molar-refractivity contribution < 1.29 is 4.74 Å². The van der Waals surface area contributed by atoms with E-state index in [1.54, 1.807) is 7.11 Å². The van der Waals surface area contributed by atoms with Gasteiger partial charge in [-0.25, -0.2) is 0 Å². The Hall–Kier alpha value is -0.380. The second-order valence-corrected chi connectivity index (χ2v) is 5.24. The fourth-order valence-corrected chi connectivity index (χ4v) is 1.93. The fourth-order valence-electron chi connectivity index (χ4n) is 1.93. The molecular formula is C14H30N2O. The second kappa shape index (κ2) is 9.63. The summed E-state index contributed by atoms with van der Waals surface area (Å²) < 4.78 is 5.32. The number of methoxy groups -OCH3 is 1. The van der Waals surface area contributed by atoms with Gasteiger partial charge in [0.15, 0.2) is 0 Å². The van der Waals surface area contributed by atoms with Crippen molar-refractivity contribution in [3.63, 3.8) is 0 Å². The van der Waals surface area contributed by atoms with Crippen molar-refractivity contribution in [3.05, 3.63) is 12.7 Å². The first kappa shape index (κ1) is 16.6. The Kier molecular flexibility index (Phi) is 9.41. The molecule has 0 spiro atoms. The molecule has 3 heteroatoms. The van der Waals surface area contributed by atoms with Gasteiger partial charge in [0.2, 0.25) is 0 Å². The van der Waals surface area contributed by atoms with Crippen molar-refractivity contribution in [2.24, 2.45) is 5.92 Å². The lowest BCUT2D eigenvalue weighted by Gasteiger charge is -2.34. The molecule has 0 bridgehead atoms. The second-order valence-electron chi connectivity index (χ2n) is 5.24. The molecule has 17 heavy (non-hydrogen) atoms. The summed E-state index contributed by atoms with van der Waals surface area (Å²) in [5, 5.41) is 3.51. The Balaban J connectivity index is 4.28. The van der Waals surface area contributed by atoms with E-state index in [0.717, 1.165) is 26.2 Å². The van der Waals surface area contributed by atoms with Crippen LogP contribution in [0.15, 0.2) is 12.7 Å². The predicted octanol–water partition coefficient (Wildman–Crippen LogP) is 2.14. The maximum Gasteiger partial charge on any atom is 0.0630 e. The van der Waals surface area contributed by atoms with Gasteiger partial charge >= 0.3 is 0 Å². The molecule has 1 N–H and O–H groups in total. The minimum atomic E-state index is 0.414. The minimum absolute atomic E-state index is 0.414. The molecule has 0 aromatic carbocycles. The van der Waals surface area contributed by atoms with E-state index in [1.807, 2.05) is 6.08 Å². The molecule has 0 aliphatic heterocycles. The molecule has 0 aromatic heterocycles. The van der Waals surface area contributed by atoms with E-state index in [4.69, 9.17) is 4.74 Å². The Labute approximate surface area is 107 Å². The highest BCUT2D eigenvalue weighted by molar-refractivity contribution is 4.83. The number of rotatable bonds is 10. The zero-order valence-corrected chi connectivity index (χ0v) is 12.2. The molecule has 0 aliphatic carbocycles. The molecule has 0 aliphatic rings. The molecule has 0 saturated carbocycles. The van der Waals surface area contributed by atoms with Crippen LogP contribution in [0.5, 0.6) is 0 Å². The van der Waals surface area contributed by atoms with Gasteiger partial charge in [0.05, 0.1) is 6.61 Å². The van der Waals surface area contributed by atoms with Crippen LogP contribution >= 0.6 is 0 Å². The molecule has 0 amide bonds. The maximum atomic E-state index is 5.32. The Morgan fingerprint density at radius 3 is 2.29 bits per heavy atom. The third kappa shape index (κ3) is 7.53. The van der Waals surface area contributed by atoms with Crippen molar-refractivity contribution in [2.75, 3.05) is 33.4 Å². The van der Waals surface area contributed by atoms with Crippen LogP contribution in [0.25, 0.3) is 0 Å². The molecule has 1 unspecified atom stereocenters. The van der Waals surface area contributed by atoms with Gasteiger partial charge in [0.25, 0.3) is 0 Å². The molecule has 0 fully saturated rings. The highest BCUT2D eigenvalue weighted by Gasteiger charge is 2.19. The average Bonchev–Trinajstić information content (AvgIpc) is 2.24. The monoisotopic (exact) mass is 242 g/mol. The Bertz CT molecular complexity index is 193. The molecule has 0 radical (unpaired) electrons. The summed E-state index contributed by atoms with van der Waals surface area (Å²) in [5.74, 6) is 0.685. The van der Waals surface area contributed by atoms with E-state index >= 15 is 0 Å². The molecule has 102 valence electrons. The highest BCUT2D eigenvalue weighted by atomic mass is 16.5. The van der Waals surface area contributed by atoms with E-state index < -0.39 is 0 Å². The SMILES string of the molecule is C=CCN(C(C)C)C(CNCC(C)C)COC. The first-order chi connectivity index (χ1) is 8.02. The van der Waals surface area contributed by atoms with Crippen LogP contribution in [0.3, 0.4) is 0 Å². The fraction of sp³-hybridized carbons (Fsp3) is 0.857. The Morgan fingerprint density at radius 2 is 1.88 bits per heavy atom. The summed E-state index contributed by atoms with van der Waals surface area (Å²) in [6.07, 6.45) is 1.96. The van der Waals surface area contributed by atoms with Crippen LogP contribution in [0.2, 0.25) is 0 Å². The minimum Gasteiger partial charge on any atom is -0.383 e. The van der Waals surface area contributed by atoms with Crippen molar-refractivity contribution in [1.29, 1.82) is 0 Å². The molecular weight excluding hydrogens is 212 g/mol. The van der Waals surface area contributed by atoms with E-state index in [0.29, 0.717) is 18.0 Å². The number of hydrogen-bond donors (Lipinski definition) is 1. The summed E-state index contributed by atoms with van der Waals surface area (Å²) in [6, 6.07) is 0.922. The quantitative estimate of drug-likeness (QED) is 0.594. The van der Waals surface area contributed by atoms with Gasteiger partial charge in [0.1, 0.15) is 0 Å². The first-order valence-electron chi connectivity index (χ1n) is 6.59. The largest absolute Gasteiger partial charge is 0.383 e. The van der Waals surface area contributed by atoms with Gasteiger partial charge in [-0.15, -0.1) is 6.58 Å². The van der Waals surface area contributed by atoms with Crippen LogP contribution in [0.1, 0.15) is 27.7 Å². The van der Waals surface area contributed by atoms with Gasteiger partial charge in [-0.1, -0.05) is 19.9 Å². The standard InChI is InChI=1S/C14H30N2O/c1-7-8-16(13(4)5)14(11-17-6)10-15-9-12(2)3/h7,12-15H,1,8-11H2,2-6H3. The third-order valence-corrected chi connectivity index (χ3v) is 2.76. The lowest BCUT2D eigenvalue weighted by molar-refractivity contribution is 0.0776. The Morgan fingerprint density at radius 1 is 1.24 bits per heavy atom. The van der Waals surface area contributed by atoms with Crippen molar-refractivity contribution in [3.8, 4) is 0 Å². The summed E-state index contributed by atoms with van der Waals surface area (Å²) in [7, 11) is 1.77. The summed E-state index contributed by atoms with van der Waals surface area (Å²) in [5.41, 5.74) is 0. The molecule has 0 saturated heterocycles. The molecule has 3 nitrogen and oxygen atoms in total. The van der Waals surface area contributed by atoms with E-state index in [2.05, 4.69) is 44.5 Å². The smallest absolute Gasteiger partial charge is 0.0630 e. The first-order valence-corrected chi connectivity index (χ1v) is 6.59. The third-order valence-electron chi connectivity index (χ3n) is 2.76. The lowest BCUT2D eigenvalue weighted by Crippen LogP contribution is -2.48. The maximum absolute atomic E-state index is 5.32. The number of hydrogen-bond acceptors (Lipinski definition) is 3. The molecule has 0 heterocycles. The molecule has 0 aromatic rings. The van der Waals surface area contributed by atoms with Gasteiger partial charge in [-0.05, 0) is 26.3 Å². The van der Waals surface area contributed by atoms with E-state index in [1.165, 1.54) is 0 Å². The molecule has 0 rings (SSSR count). The van der Waals surface area contributed by atoms with E-state index in [-0.39, 0.29) is 0 Å². The number of ether oxygens (including phenoxy) is 1. The summed E-state index contributed by atoms with van der Waals surface area (Å²) in [6.45, 7) is 16.4. The zero-order chi connectivity index (χ0) is 13.3. The zero-order valence-electron chi connectivity index (χ0n) is 12.2. The van der Waals surface area contributed by atoms with Crippen LogP contribution in [-0.4, -0.2) is 50.3 Å². The van der Waals surface area contributed by atoms with Crippen molar-refractivity contribution in [2.45, 2.75) is 39.8 Å². The topological polar surface area (TPSA) is 24.5 Å². The van der Waals surface area contributed by atoms with Gasteiger partial charge < -0.3 is 10.1 Å². The normalized spacial score (nSPS) is 13.6. The predicted molar refractivity (Wildman–Crippen MR) is 75.4 cm³/mol. The van der Waals surface area contributed by atoms with Crippen molar-refractivity contribution >= 4 is 0 Å². The van der Waals surface area contributed by atoms with E-state index in [9.17, 15) is 0 Å². The average molecular weight is 242 g/mol. The highest BCUT2D eigenvalue weighted by Crippen LogP contribution is 2.06. The van der Waals surface area contributed by atoms with Crippen LogP contribution in [0.4, 0.5) is 0 Å². The van der Waals surface area contributed by atoms with Crippen LogP contribution in [0, 0.1) is 5.92 Å². The lowest BCUT2D eigenvalue weighted by atomic mass is 10.1. The van der Waals surface area contributed by atoms with Gasteiger partial charge in [0, 0.05) is 32.3 Å². The van der Waals surface area contributed by atoms with Crippen molar-refractivity contribution in [1.82, 2.24) is 10.2 Å². The van der Waals surface area contributed by atoms with Gasteiger partial charge in [-0.3, -0.25) is 4.90 Å². The van der Waals surface area contributed by atoms with Crippen LogP contribution in [-0.2, 0) is 4.74 Å². The number of nitrogens with one attached hydrogen (secondary N) is 1. The summed E-state index contributed by atoms with van der Waals surface area (Å²) >= 11 is 0. The molecule has 1 atom stereocenters. The summed E-state index contributed by atoms with van der Waals surface area (Å²) in [4.78, 5) is 2.42. The number of nitrogens with zero attached hydrogens (tertiary/aromatic N) is 1. The van der Waals surface area contributed by atoms with Crippen LogP contribution < -0.4 is 5.32 Å².